The van der Waals surface area contributed by atoms with E-state index in [9.17, 15) is 23.2 Å². The molecule has 2 aromatic carbocycles. The van der Waals surface area contributed by atoms with Gasteiger partial charge in [0.1, 0.15) is 16.6 Å². The number of thiophene rings is 1. The normalized spacial score (nSPS) is 11.0. The molecular weight excluding hydrogens is 566 g/mol. The van der Waals surface area contributed by atoms with Gasteiger partial charge in [-0.3, -0.25) is 14.5 Å². The molecule has 0 aliphatic carbocycles. The molecule has 0 unspecified atom stereocenters. The van der Waals surface area contributed by atoms with E-state index in [1.165, 1.54) is 18.2 Å². The van der Waals surface area contributed by atoms with Gasteiger partial charge in [0.05, 0.1) is 18.7 Å². The van der Waals surface area contributed by atoms with Crippen LogP contribution in [0.3, 0.4) is 0 Å². The number of halogens is 2. The molecule has 0 fully saturated rings. The van der Waals surface area contributed by atoms with E-state index in [0.29, 0.717) is 28.1 Å². The number of aromatic amines is 1. The summed E-state index contributed by atoms with van der Waals surface area (Å²) in [7, 11) is 3.63. The third kappa shape index (κ3) is 6.98. The van der Waals surface area contributed by atoms with Crippen LogP contribution in [-0.2, 0) is 17.8 Å². The maximum absolute atomic E-state index is 14.8. The smallest absolute Gasteiger partial charge is 0.415 e. The third-order valence-electron chi connectivity index (χ3n) is 6.06. The van der Waals surface area contributed by atoms with Gasteiger partial charge in [-0.15, -0.1) is 11.3 Å². The Balaban J connectivity index is 1.96. The average molecular weight is 597 g/mol. The van der Waals surface area contributed by atoms with Crippen molar-refractivity contribution in [1.29, 1.82) is 0 Å². The number of amides is 2. The fourth-order valence-corrected chi connectivity index (χ4v) is 5.44. The van der Waals surface area contributed by atoms with Crippen LogP contribution in [0.2, 0.25) is 0 Å². The van der Waals surface area contributed by atoms with Gasteiger partial charge in [-0.2, -0.15) is 5.10 Å². The summed E-state index contributed by atoms with van der Waals surface area (Å²) in [6.45, 7) is 1.59. The van der Waals surface area contributed by atoms with E-state index in [2.05, 4.69) is 15.5 Å². The molecule has 0 atom stereocenters. The number of benzene rings is 2. The van der Waals surface area contributed by atoms with Crippen molar-refractivity contribution in [3.05, 3.63) is 93.3 Å². The number of aromatic nitrogens is 2. The monoisotopic (exact) mass is 596 g/mol. The van der Waals surface area contributed by atoms with Gasteiger partial charge in [-0.1, -0.05) is 25.1 Å². The number of carbonyl (C=O) groups excluding carboxylic acids is 2. The van der Waals surface area contributed by atoms with Crippen molar-refractivity contribution in [3.63, 3.8) is 0 Å². The molecule has 0 saturated carbocycles. The van der Waals surface area contributed by atoms with Gasteiger partial charge in [0, 0.05) is 28.7 Å². The number of carbonyl (C=O) groups is 2. The minimum Gasteiger partial charge on any atom is -0.449 e. The molecule has 13 heteroatoms. The second-order valence-electron chi connectivity index (χ2n) is 9.61. The zero-order valence-electron chi connectivity index (χ0n) is 23.2. The van der Waals surface area contributed by atoms with E-state index in [4.69, 9.17) is 10.5 Å². The predicted octanol–water partition coefficient (Wildman–Crippen LogP) is 5.23. The van der Waals surface area contributed by atoms with Crippen LogP contribution in [0.4, 0.5) is 30.1 Å². The van der Waals surface area contributed by atoms with E-state index in [-0.39, 0.29) is 35.1 Å². The molecule has 0 radical (unpaired) electrons. The Labute approximate surface area is 244 Å². The maximum atomic E-state index is 14.8. The number of anilines is 3. The first-order valence-electron chi connectivity index (χ1n) is 13.0. The van der Waals surface area contributed by atoms with Crippen molar-refractivity contribution < 1.29 is 23.1 Å². The number of rotatable bonds is 10. The van der Waals surface area contributed by atoms with Gasteiger partial charge in [0.15, 0.2) is 5.82 Å². The fraction of sp³-hybridized carbons (Fsp3) is 0.241. The van der Waals surface area contributed by atoms with E-state index < -0.39 is 35.7 Å². The summed E-state index contributed by atoms with van der Waals surface area (Å²) in [4.78, 5) is 42.5. The second kappa shape index (κ2) is 13.4. The zero-order chi connectivity index (χ0) is 30.4. The van der Waals surface area contributed by atoms with Crippen molar-refractivity contribution in [1.82, 2.24) is 15.1 Å². The summed E-state index contributed by atoms with van der Waals surface area (Å²) in [5, 5.41) is 8.89. The SMILES string of the molecule is CCCOC(=O)N(Cc1c(F)cccc1F)c1sc(-c2ccc(N)cc2)c(CN(C)C)c1C(=O)Nc1ccc(=O)[nH]n1. The van der Waals surface area contributed by atoms with Crippen molar-refractivity contribution in [2.45, 2.75) is 26.4 Å². The van der Waals surface area contributed by atoms with Crippen LogP contribution in [0.25, 0.3) is 10.4 Å². The van der Waals surface area contributed by atoms with Crippen molar-refractivity contribution in [3.8, 4) is 10.4 Å². The summed E-state index contributed by atoms with van der Waals surface area (Å²) < 4.78 is 35.1. The maximum Gasteiger partial charge on any atom is 0.415 e. The van der Waals surface area contributed by atoms with Crippen LogP contribution in [0.1, 0.15) is 34.8 Å². The molecule has 220 valence electrons. The Morgan fingerprint density at radius 3 is 2.31 bits per heavy atom. The van der Waals surface area contributed by atoms with Crippen molar-refractivity contribution in [2.24, 2.45) is 0 Å². The Hall–Kier alpha value is -4.62. The quantitative estimate of drug-likeness (QED) is 0.214. The number of nitrogens with one attached hydrogen (secondary N) is 2. The third-order valence-corrected chi connectivity index (χ3v) is 7.36. The molecule has 0 aliphatic heterocycles. The molecule has 2 aromatic heterocycles. The van der Waals surface area contributed by atoms with Crippen LogP contribution >= 0.6 is 11.3 Å². The lowest BCUT2D eigenvalue weighted by molar-refractivity contribution is 0.102. The van der Waals surface area contributed by atoms with Gasteiger partial charge < -0.3 is 20.7 Å². The lowest BCUT2D eigenvalue weighted by Crippen LogP contribution is -2.33. The lowest BCUT2D eigenvalue weighted by atomic mass is 10.0. The van der Waals surface area contributed by atoms with Crippen LogP contribution in [-0.4, -0.2) is 47.8 Å². The highest BCUT2D eigenvalue weighted by Crippen LogP contribution is 2.44. The van der Waals surface area contributed by atoms with Crippen LogP contribution in [0.5, 0.6) is 0 Å². The highest BCUT2D eigenvalue weighted by atomic mass is 32.1. The summed E-state index contributed by atoms with van der Waals surface area (Å²) in [5.41, 5.74) is 6.97. The standard InChI is InChI=1S/C29H30F2N6O4S/c1-4-14-41-29(40)37(16-19-21(30)6-5-7-22(19)31)28-25(27(39)33-23-12-13-24(38)35-34-23)20(15-36(2)3)26(42-28)17-8-10-18(32)11-9-17/h5-13H,4,14-16,32H2,1-3H3,(H,35,38)(H,33,34,39). The minimum atomic E-state index is -0.878. The summed E-state index contributed by atoms with van der Waals surface area (Å²) in [6, 6.07) is 12.9. The first-order chi connectivity index (χ1) is 20.1. The molecule has 10 nitrogen and oxygen atoms in total. The van der Waals surface area contributed by atoms with Gasteiger partial charge in [-0.25, -0.2) is 18.7 Å². The number of ether oxygens (including phenoxy) is 1. The Bertz CT molecular complexity index is 1600. The molecule has 0 aliphatic rings. The van der Waals surface area contributed by atoms with Gasteiger partial charge in [0.2, 0.25) is 0 Å². The first kappa shape index (κ1) is 30.3. The molecule has 4 aromatic rings. The second-order valence-corrected chi connectivity index (χ2v) is 10.6. The topological polar surface area (TPSA) is 134 Å². The summed E-state index contributed by atoms with van der Waals surface area (Å²) in [5.74, 6) is -2.30. The van der Waals surface area contributed by atoms with Gasteiger partial charge in [-0.05, 0) is 62.0 Å². The number of hydrogen-bond donors (Lipinski definition) is 3. The zero-order valence-corrected chi connectivity index (χ0v) is 24.1. The first-order valence-corrected chi connectivity index (χ1v) is 13.8. The number of nitrogens with two attached hydrogens (primary N) is 1. The summed E-state index contributed by atoms with van der Waals surface area (Å²) >= 11 is 1.10. The summed E-state index contributed by atoms with van der Waals surface area (Å²) in [6.07, 6.45) is -0.372. The molecule has 4 rings (SSSR count). The minimum absolute atomic E-state index is 0.0542. The Kier molecular flexibility index (Phi) is 9.65. The van der Waals surface area contributed by atoms with Crippen LogP contribution in [0, 0.1) is 11.6 Å². The molecule has 0 bridgehead atoms. The van der Waals surface area contributed by atoms with Crippen molar-refractivity contribution >= 4 is 39.8 Å². The average Bonchev–Trinajstić information content (AvgIpc) is 3.31. The highest BCUT2D eigenvalue weighted by molar-refractivity contribution is 7.20. The lowest BCUT2D eigenvalue weighted by Gasteiger charge is -2.23. The molecular formula is C29H30F2N6O4S. The number of nitrogen functional groups attached to an aromatic ring is 1. The number of hydrogen-bond acceptors (Lipinski definition) is 8. The van der Waals surface area contributed by atoms with E-state index >= 15 is 0 Å². The highest BCUT2D eigenvalue weighted by Gasteiger charge is 2.32. The number of nitrogens with zero attached hydrogens (tertiary/aromatic N) is 3. The molecule has 42 heavy (non-hydrogen) atoms. The van der Waals surface area contributed by atoms with Crippen LogP contribution in [0.15, 0.2) is 59.4 Å². The largest absolute Gasteiger partial charge is 0.449 e. The molecule has 0 saturated heterocycles. The van der Waals surface area contributed by atoms with Gasteiger partial charge >= 0.3 is 6.09 Å². The molecule has 0 spiro atoms. The fourth-order valence-electron chi connectivity index (χ4n) is 4.13. The van der Waals surface area contributed by atoms with Crippen molar-refractivity contribution in [2.75, 3.05) is 36.7 Å². The van der Waals surface area contributed by atoms with E-state index in [1.807, 2.05) is 25.9 Å². The Morgan fingerprint density at radius 1 is 1.02 bits per heavy atom. The van der Waals surface area contributed by atoms with Gasteiger partial charge in [0.25, 0.3) is 11.5 Å². The molecule has 2 heterocycles. The van der Waals surface area contributed by atoms with E-state index in [1.54, 1.807) is 24.3 Å². The van der Waals surface area contributed by atoms with Crippen LogP contribution < -0.4 is 21.5 Å². The molecule has 4 N–H and O–H groups in total. The number of H-pyrrole nitrogens is 1. The van der Waals surface area contributed by atoms with E-state index in [0.717, 1.165) is 28.4 Å². The molecule has 2 amide bonds. The predicted molar refractivity (Wildman–Crippen MR) is 159 cm³/mol. The Morgan fingerprint density at radius 2 is 1.71 bits per heavy atom.